The van der Waals surface area contributed by atoms with Crippen molar-refractivity contribution in [3.63, 3.8) is 0 Å². The zero-order valence-corrected chi connectivity index (χ0v) is 10.5. The van der Waals surface area contributed by atoms with Crippen LogP contribution in [0.5, 0.6) is 5.75 Å². The summed E-state index contributed by atoms with van der Waals surface area (Å²) in [6, 6.07) is 6.55. The second-order valence-corrected chi connectivity index (χ2v) is 6.11. The molecule has 2 atom stereocenters. The number of hydrogen-bond donors (Lipinski definition) is 1. The van der Waals surface area contributed by atoms with Crippen molar-refractivity contribution in [3.05, 3.63) is 24.3 Å². The van der Waals surface area contributed by atoms with Gasteiger partial charge in [-0.2, -0.15) is 0 Å². The number of ether oxygens (including phenoxy) is 1. The molecule has 5 nitrogen and oxygen atoms in total. The summed E-state index contributed by atoms with van der Waals surface area (Å²) in [6.45, 7) is 0. The highest BCUT2D eigenvalue weighted by Gasteiger charge is 2.42. The maximum Gasteiger partial charge on any atom is 0.292 e. The standard InChI is InChI=1S/C10H9NO4S2/c1-15-6-2-4-7(5-3-6)17(14)9-8(12)11-10(13)16-9/h2-5,9H,1H3,(H,11,12,13). The summed E-state index contributed by atoms with van der Waals surface area (Å²) in [5, 5.41) is 1.65. The highest BCUT2D eigenvalue weighted by atomic mass is 32.3. The average molecular weight is 271 g/mol. The molecule has 1 aromatic carbocycles. The van der Waals surface area contributed by atoms with Crippen LogP contribution in [-0.2, 0) is 16.0 Å². The van der Waals surface area contributed by atoms with E-state index in [0.29, 0.717) is 10.6 Å². The van der Waals surface area contributed by atoms with Gasteiger partial charge in [0.15, 0.2) is 4.90 Å². The lowest BCUT2D eigenvalue weighted by Gasteiger charge is -2.13. The zero-order chi connectivity index (χ0) is 12.4. The molecule has 1 heterocycles. The summed E-state index contributed by atoms with van der Waals surface area (Å²) in [4.78, 5) is 22.8. The van der Waals surface area contributed by atoms with Crippen LogP contribution in [0.1, 0.15) is 0 Å². The molecule has 1 aliphatic heterocycles. The van der Waals surface area contributed by atoms with Crippen molar-refractivity contribution in [1.29, 1.82) is 0 Å². The fraction of sp³-hybridized carbons (Fsp3) is 0.200. The monoisotopic (exact) mass is 271 g/mol. The number of hydrogen-bond acceptors (Lipinski definition) is 5. The van der Waals surface area contributed by atoms with Gasteiger partial charge in [-0.3, -0.25) is 14.9 Å². The number of amides is 2. The Bertz CT molecular complexity index is 448. The summed E-state index contributed by atoms with van der Waals surface area (Å²) in [6.07, 6.45) is 0. The molecule has 0 aliphatic carbocycles. The lowest BCUT2D eigenvalue weighted by molar-refractivity contribution is -0.117. The first kappa shape index (κ1) is 12.3. The Morgan fingerprint density at radius 2 is 2.00 bits per heavy atom. The lowest BCUT2D eigenvalue weighted by atomic mass is 10.3. The third kappa shape index (κ3) is 2.56. The van der Waals surface area contributed by atoms with Crippen LogP contribution in [0.15, 0.2) is 29.2 Å². The third-order valence-electron chi connectivity index (χ3n) is 2.14. The molecular weight excluding hydrogens is 262 g/mol. The minimum atomic E-state index is -1.55. The van der Waals surface area contributed by atoms with E-state index in [1.807, 2.05) is 0 Å². The average Bonchev–Trinajstić information content (AvgIpc) is 2.68. The van der Waals surface area contributed by atoms with Crippen LogP contribution < -0.4 is 10.1 Å². The Morgan fingerprint density at radius 3 is 2.47 bits per heavy atom. The van der Waals surface area contributed by atoms with Crippen LogP contribution >= 0.6 is 11.8 Å². The van der Waals surface area contributed by atoms with Crippen LogP contribution in [0.2, 0.25) is 0 Å². The SMILES string of the molecule is COc1ccc([S+]([O-])C2SC(=O)NC2=O)cc1. The van der Waals surface area contributed by atoms with E-state index < -0.39 is 26.9 Å². The molecule has 2 rings (SSSR count). The van der Waals surface area contributed by atoms with Crippen LogP contribution in [0.4, 0.5) is 4.79 Å². The molecule has 1 aromatic rings. The van der Waals surface area contributed by atoms with E-state index in [-0.39, 0.29) is 0 Å². The summed E-state index contributed by atoms with van der Waals surface area (Å²) >= 11 is -0.790. The molecule has 1 N–H and O–H groups in total. The molecule has 17 heavy (non-hydrogen) atoms. The van der Waals surface area contributed by atoms with Gasteiger partial charge in [-0.1, -0.05) is 0 Å². The number of rotatable bonds is 3. The van der Waals surface area contributed by atoms with Crippen LogP contribution in [0, 0.1) is 0 Å². The molecule has 0 aromatic heterocycles. The van der Waals surface area contributed by atoms with Crippen molar-refractivity contribution < 1.29 is 18.9 Å². The summed E-state index contributed by atoms with van der Waals surface area (Å²) in [5.41, 5.74) is 0. The van der Waals surface area contributed by atoms with Gasteiger partial charge >= 0.3 is 0 Å². The van der Waals surface area contributed by atoms with Gasteiger partial charge < -0.3 is 9.29 Å². The van der Waals surface area contributed by atoms with Gasteiger partial charge in [0.2, 0.25) is 0 Å². The van der Waals surface area contributed by atoms with Crippen molar-refractivity contribution >= 4 is 34.1 Å². The Labute approximate surface area is 105 Å². The topological polar surface area (TPSA) is 78.5 Å². The normalized spacial score (nSPS) is 21.2. The van der Waals surface area contributed by atoms with Crippen molar-refractivity contribution in [3.8, 4) is 5.75 Å². The Hall–Kier alpha value is -1.18. The van der Waals surface area contributed by atoms with Gasteiger partial charge in [0.25, 0.3) is 15.7 Å². The predicted octanol–water partition coefficient (Wildman–Crippen LogP) is 1.11. The van der Waals surface area contributed by atoms with Gasteiger partial charge in [-0.25, -0.2) is 0 Å². The molecule has 0 radical (unpaired) electrons. The van der Waals surface area contributed by atoms with Gasteiger partial charge in [0.1, 0.15) is 5.75 Å². The molecule has 0 bridgehead atoms. The molecular formula is C10H9NO4S2. The Kier molecular flexibility index (Phi) is 3.60. The molecule has 0 spiro atoms. The van der Waals surface area contributed by atoms with Gasteiger partial charge in [-0.05, 0) is 24.3 Å². The highest BCUT2D eigenvalue weighted by Crippen LogP contribution is 2.29. The smallest absolute Gasteiger partial charge is 0.292 e. The number of imide groups is 1. The van der Waals surface area contributed by atoms with Gasteiger partial charge in [0, 0.05) is 22.9 Å². The predicted molar refractivity (Wildman–Crippen MR) is 64.3 cm³/mol. The Morgan fingerprint density at radius 1 is 1.35 bits per heavy atom. The minimum absolute atomic E-state index is 0.457. The fourth-order valence-corrected chi connectivity index (χ4v) is 3.68. The molecule has 1 aliphatic rings. The van der Waals surface area contributed by atoms with E-state index in [4.69, 9.17) is 4.74 Å². The number of nitrogens with one attached hydrogen (secondary N) is 1. The molecule has 2 unspecified atom stereocenters. The molecule has 90 valence electrons. The van der Waals surface area contributed by atoms with Crippen molar-refractivity contribution in [2.24, 2.45) is 0 Å². The molecule has 1 fully saturated rings. The van der Waals surface area contributed by atoms with Crippen molar-refractivity contribution in [1.82, 2.24) is 5.32 Å². The largest absolute Gasteiger partial charge is 0.610 e. The Balaban J connectivity index is 2.16. The maximum atomic E-state index is 12.0. The van der Waals surface area contributed by atoms with E-state index >= 15 is 0 Å². The zero-order valence-electron chi connectivity index (χ0n) is 8.84. The van der Waals surface area contributed by atoms with E-state index in [2.05, 4.69) is 5.32 Å². The second-order valence-electron chi connectivity index (χ2n) is 3.20. The van der Waals surface area contributed by atoms with Crippen LogP contribution in [-0.4, -0.2) is 27.4 Å². The number of carbonyl (C=O) groups is 2. The minimum Gasteiger partial charge on any atom is -0.610 e. The quantitative estimate of drug-likeness (QED) is 0.833. The maximum absolute atomic E-state index is 12.0. The van der Waals surface area contributed by atoms with E-state index in [1.165, 1.54) is 7.11 Å². The summed E-state index contributed by atoms with van der Waals surface area (Å²) in [5.74, 6) is 0.138. The first-order valence-corrected chi connectivity index (χ1v) is 6.77. The molecule has 2 amide bonds. The van der Waals surface area contributed by atoms with Crippen molar-refractivity contribution in [2.45, 2.75) is 9.48 Å². The number of thioether (sulfide) groups is 1. The molecule has 7 heteroatoms. The number of methoxy groups -OCH3 is 1. The van der Waals surface area contributed by atoms with Crippen LogP contribution in [0.3, 0.4) is 0 Å². The first-order valence-electron chi connectivity index (χ1n) is 4.68. The molecule has 1 saturated heterocycles. The third-order valence-corrected chi connectivity index (χ3v) is 5.04. The van der Waals surface area contributed by atoms with Gasteiger partial charge in [-0.15, -0.1) is 0 Å². The van der Waals surface area contributed by atoms with Crippen molar-refractivity contribution in [2.75, 3.05) is 7.11 Å². The summed E-state index contributed by atoms with van der Waals surface area (Å²) < 4.78 is 16.1. The number of benzene rings is 1. The van der Waals surface area contributed by atoms with Crippen LogP contribution in [0.25, 0.3) is 0 Å². The van der Waals surface area contributed by atoms with Gasteiger partial charge in [0.05, 0.1) is 7.11 Å². The number of carbonyl (C=O) groups excluding carboxylic acids is 2. The second kappa shape index (κ2) is 4.99. The summed E-state index contributed by atoms with van der Waals surface area (Å²) in [7, 11) is 1.53. The van der Waals surface area contributed by atoms with E-state index in [1.54, 1.807) is 24.3 Å². The fourth-order valence-electron chi connectivity index (χ4n) is 1.31. The van der Waals surface area contributed by atoms with E-state index in [0.717, 1.165) is 11.8 Å². The van der Waals surface area contributed by atoms with E-state index in [9.17, 15) is 14.1 Å². The lowest BCUT2D eigenvalue weighted by Crippen LogP contribution is -2.30. The first-order chi connectivity index (χ1) is 8.11. The molecule has 0 saturated carbocycles. The highest BCUT2D eigenvalue weighted by molar-refractivity contribution is 8.24.